The summed E-state index contributed by atoms with van der Waals surface area (Å²) in [5.41, 5.74) is 2.43. The monoisotopic (exact) mass is 874 g/mol. The zero-order valence-corrected chi connectivity index (χ0v) is 35.8. The minimum Gasteiger partial charge on any atom is -0.410 e. The largest absolute Gasteiger partial charge is 0.415 e. The lowest BCUT2D eigenvalue weighted by Crippen LogP contribution is -2.40. The molecule has 0 bridgehead atoms. The van der Waals surface area contributed by atoms with E-state index in [1.54, 1.807) is 117 Å². The number of thioether (sulfide) groups is 2. The third kappa shape index (κ3) is 12.2. The molecule has 0 spiro atoms. The zero-order chi connectivity index (χ0) is 43.3. The van der Waals surface area contributed by atoms with E-state index >= 15 is 0 Å². The second kappa shape index (κ2) is 21.2. The summed E-state index contributed by atoms with van der Waals surface area (Å²) in [4.78, 5) is 57.2. The summed E-state index contributed by atoms with van der Waals surface area (Å²) in [5, 5.41) is 19.7. The average Bonchev–Trinajstić information content (AvgIpc) is 3.91. The first-order valence-corrected chi connectivity index (χ1v) is 21.8. The molecule has 4 aromatic carbocycles. The Labute approximate surface area is 367 Å². The van der Waals surface area contributed by atoms with Gasteiger partial charge in [0, 0.05) is 85.7 Å². The van der Waals surface area contributed by atoms with Crippen molar-refractivity contribution in [3.63, 3.8) is 0 Å². The van der Waals surface area contributed by atoms with Gasteiger partial charge in [0.25, 0.3) is 11.8 Å². The first-order chi connectivity index (χ1) is 30.2. The van der Waals surface area contributed by atoms with E-state index in [0.29, 0.717) is 70.7 Å². The van der Waals surface area contributed by atoms with Crippen LogP contribution in [0, 0.1) is 0 Å². The van der Waals surface area contributed by atoms with Crippen molar-refractivity contribution >= 4 is 58.9 Å². The summed E-state index contributed by atoms with van der Waals surface area (Å²) in [6, 6.07) is 31.5. The van der Waals surface area contributed by atoms with E-state index in [9.17, 15) is 19.2 Å². The maximum absolute atomic E-state index is 12.5. The Morgan fingerprint density at radius 3 is 1.42 bits per heavy atom. The molecule has 8 rings (SSSR count). The van der Waals surface area contributed by atoms with Crippen LogP contribution in [0.2, 0.25) is 0 Å². The highest BCUT2D eigenvalue weighted by Crippen LogP contribution is 2.30. The molecule has 0 saturated carbocycles. The van der Waals surface area contributed by atoms with Gasteiger partial charge in [-0.15, -0.1) is 5.10 Å². The number of aryl methyl sites for hydroxylation is 2. The summed E-state index contributed by atoms with van der Waals surface area (Å²) < 4.78 is 14.7. The fourth-order valence-corrected chi connectivity index (χ4v) is 8.64. The molecule has 2 aliphatic rings. The number of hydrogen-bond donors (Lipinski definition) is 2. The summed E-state index contributed by atoms with van der Waals surface area (Å²) in [7, 11) is 3.80. The van der Waals surface area contributed by atoms with Crippen LogP contribution in [-0.2, 0) is 14.1 Å². The van der Waals surface area contributed by atoms with Gasteiger partial charge in [-0.25, -0.2) is 19.3 Å². The van der Waals surface area contributed by atoms with Gasteiger partial charge in [-0.2, -0.15) is 0 Å². The van der Waals surface area contributed by atoms with Crippen molar-refractivity contribution in [3.8, 4) is 11.5 Å². The van der Waals surface area contributed by atoms with Gasteiger partial charge < -0.3 is 34.5 Å². The molecule has 0 unspecified atom stereocenters. The number of carbonyl (C=O) groups excluding carboxylic acids is 4. The molecule has 4 amide bonds. The summed E-state index contributed by atoms with van der Waals surface area (Å²) >= 11 is 3.39. The zero-order valence-electron chi connectivity index (χ0n) is 34.2. The lowest BCUT2D eigenvalue weighted by Gasteiger charge is -2.30. The van der Waals surface area contributed by atoms with Crippen LogP contribution >= 0.6 is 23.5 Å². The molecule has 62 heavy (non-hydrogen) atoms. The predicted octanol–water partition coefficient (Wildman–Crippen LogP) is 7.65. The number of hydrogen-bond acceptors (Lipinski definition) is 12. The van der Waals surface area contributed by atoms with E-state index in [-0.39, 0.29) is 24.0 Å². The number of rotatable bonds is 10. The number of tetrazole rings is 1. The summed E-state index contributed by atoms with van der Waals surface area (Å²) in [6.07, 6.45) is 6.51. The number of benzene rings is 4. The normalized spacial score (nSPS) is 14.3. The molecule has 2 fully saturated rings. The van der Waals surface area contributed by atoms with Crippen molar-refractivity contribution in [2.24, 2.45) is 14.1 Å². The number of amides is 4. The molecule has 6 aromatic rings. The third-order valence-corrected chi connectivity index (χ3v) is 12.8. The van der Waals surface area contributed by atoms with Crippen LogP contribution in [0.25, 0.3) is 0 Å². The van der Waals surface area contributed by atoms with Gasteiger partial charge in [0.05, 0.1) is 0 Å². The average molecular weight is 875 g/mol. The minimum atomic E-state index is -0.371. The predicted molar refractivity (Wildman–Crippen MR) is 237 cm³/mol. The molecular formula is C44H46N10O6S2. The summed E-state index contributed by atoms with van der Waals surface area (Å²) in [5.74, 6) is 0.511. The second-order valence-electron chi connectivity index (χ2n) is 14.4. The van der Waals surface area contributed by atoms with Crippen LogP contribution in [0.5, 0.6) is 11.5 Å². The van der Waals surface area contributed by atoms with Crippen molar-refractivity contribution in [1.29, 1.82) is 0 Å². The molecule has 16 nitrogen and oxygen atoms in total. The highest BCUT2D eigenvalue weighted by molar-refractivity contribution is 8.00. The van der Waals surface area contributed by atoms with Crippen LogP contribution in [0.15, 0.2) is 132 Å². The Balaban J connectivity index is 0.000000186. The lowest BCUT2D eigenvalue weighted by atomic mass is 10.1. The summed E-state index contributed by atoms with van der Waals surface area (Å²) in [6.45, 7) is 2.55. The molecule has 2 aliphatic heterocycles. The number of nitrogens with zero attached hydrogens (tertiary/aromatic N) is 8. The lowest BCUT2D eigenvalue weighted by molar-refractivity contribution is 0.101. The van der Waals surface area contributed by atoms with Crippen molar-refractivity contribution in [1.82, 2.24) is 39.6 Å². The van der Waals surface area contributed by atoms with Crippen LogP contribution in [0.3, 0.4) is 0 Å². The number of nitrogens with one attached hydrogen (secondary N) is 2. The van der Waals surface area contributed by atoms with Crippen LogP contribution in [-0.4, -0.2) is 100 Å². The number of aromatic nitrogens is 6. The van der Waals surface area contributed by atoms with Crippen LogP contribution < -0.4 is 20.1 Å². The van der Waals surface area contributed by atoms with Gasteiger partial charge in [0.15, 0.2) is 5.16 Å². The van der Waals surface area contributed by atoms with E-state index in [4.69, 9.17) is 9.47 Å². The molecule has 0 radical (unpaired) electrons. The van der Waals surface area contributed by atoms with Crippen molar-refractivity contribution in [3.05, 3.63) is 133 Å². The number of ether oxygens (including phenoxy) is 2. The van der Waals surface area contributed by atoms with Crippen molar-refractivity contribution in [2.75, 3.05) is 36.8 Å². The molecule has 2 saturated heterocycles. The van der Waals surface area contributed by atoms with Gasteiger partial charge in [0.1, 0.15) is 11.5 Å². The highest BCUT2D eigenvalue weighted by atomic mass is 32.2. The Bertz CT molecular complexity index is 2230. The van der Waals surface area contributed by atoms with Gasteiger partial charge in [0.2, 0.25) is 5.16 Å². The van der Waals surface area contributed by atoms with E-state index in [0.717, 1.165) is 36.0 Å². The quantitative estimate of drug-likeness (QED) is 0.138. The molecular weight excluding hydrogens is 829 g/mol. The maximum atomic E-state index is 12.5. The topological polar surface area (TPSA) is 179 Å². The van der Waals surface area contributed by atoms with E-state index < -0.39 is 0 Å². The number of anilines is 2. The Hall–Kier alpha value is -6.66. The number of carbonyl (C=O) groups is 4. The van der Waals surface area contributed by atoms with Gasteiger partial charge >= 0.3 is 12.2 Å². The Morgan fingerprint density at radius 2 is 1.03 bits per heavy atom. The van der Waals surface area contributed by atoms with Gasteiger partial charge in [-0.3, -0.25) is 9.59 Å². The fraction of sp³-hybridized carbons (Fsp3) is 0.273. The molecule has 320 valence electrons. The van der Waals surface area contributed by atoms with Gasteiger partial charge in [-0.05, 0) is 109 Å². The van der Waals surface area contributed by atoms with Crippen LogP contribution in [0.4, 0.5) is 21.0 Å². The Kier molecular flexibility index (Phi) is 14.9. The molecule has 0 atom stereocenters. The van der Waals surface area contributed by atoms with Gasteiger partial charge in [-0.1, -0.05) is 59.9 Å². The SMILES string of the molecule is Cn1ccnc1SC1CCN(C(=O)Oc2ccc(NC(=O)c3ccccc3)cc2)CC1.Cn1nnnc1SC1CCN(C(=O)Oc2ccc(NC(=O)c3ccccc3)cc2)CC1. The number of likely N-dealkylation sites (tertiary alicyclic amines) is 2. The number of imidazole rings is 1. The first-order valence-electron chi connectivity index (χ1n) is 20.1. The third-order valence-electron chi connectivity index (χ3n) is 10.0. The molecule has 2 aromatic heterocycles. The maximum Gasteiger partial charge on any atom is 0.415 e. The van der Waals surface area contributed by atoms with Crippen molar-refractivity contribution < 1.29 is 28.7 Å². The fourth-order valence-electron chi connectivity index (χ4n) is 6.53. The van der Waals surface area contributed by atoms with E-state index in [1.807, 2.05) is 61.3 Å². The molecule has 4 heterocycles. The smallest absolute Gasteiger partial charge is 0.410 e. The number of piperidine rings is 2. The molecule has 0 aliphatic carbocycles. The van der Waals surface area contributed by atoms with E-state index in [2.05, 4.69) is 31.1 Å². The second-order valence-corrected chi connectivity index (χ2v) is 17.0. The van der Waals surface area contributed by atoms with Crippen molar-refractivity contribution in [2.45, 2.75) is 46.5 Å². The minimum absolute atomic E-state index is 0.184. The molecule has 2 N–H and O–H groups in total. The van der Waals surface area contributed by atoms with Crippen LogP contribution in [0.1, 0.15) is 46.4 Å². The molecule has 18 heteroatoms. The first kappa shape index (κ1) is 43.4. The highest BCUT2D eigenvalue weighted by Gasteiger charge is 2.27. The Morgan fingerprint density at radius 1 is 0.597 bits per heavy atom. The van der Waals surface area contributed by atoms with E-state index in [1.165, 1.54) is 0 Å². The standard InChI is InChI=1S/C23H24N4O3S.C21H22N6O3S/c1-26-16-13-24-22(26)31-20-11-14-27(15-12-20)23(29)30-19-9-7-18(8-10-19)25-21(28)17-5-3-2-4-6-17;1-26-20(23-24-25-26)31-18-11-13-27(14-12-18)21(29)30-17-9-7-16(8-10-17)22-19(28)15-5-3-2-4-6-15/h2-10,13,16,20H,11-12,14-15H2,1H3,(H,25,28);2-10,18H,11-14H2,1H3,(H,22,28).